The second-order valence-electron chi connectivity index (χ2n) is 7.61. The third kappa shape index (κ3) is 3.97. The second-order valence-corrected chi connectivity index (χ2v) is 8.05. The van der Waals surface area contributed by atoms with Crippen molar-refractivity contribution < 1.29 is 23.1 Å². The Hall–Kier alpha value is -3.07. The maximum Gasteiger partial charge on any atom is 0.321 e. The van der Waals surface area contributed by atoms with E-state index in [1.165, 1.54) is 11.0 Å². The van der Waals surface area contributed by atoms with E-state index < -0.39 is 31.0 Å². The van der Waals surface area contributed by atoms with Gasteiger partial charge in [-0.05, 0) is 24.3 Å². The zero-order chi connectivity index (χ0) is 22.2. The van der Waals surface area contributed by atoms with Gasteiger partial charge in [-0.2, -0.15) is 0 Å². The van der Waals surface area contributed by atoms with E-state index in [9.17, 15) is 18.4 Å². The Morgan fingerprint density at radius 2 is 2.10 bits per heavy atom. The quantitative estimate of drug-likeness (QED) is 0.648. The number of alkyl halides is 2. The average molecular weight is 451 g/mol. The zero-order valence-electron chi connectivity index (χ0n) is 16.7. The molecule has 2 aromatic carbocycles. The first kappa shape index (κ1) is 21.2. The number of nitrogens with one attached hydrogen (secondary N) is 3. The van der Waals surface area contributed by atoms with Crippen LogP contribution in [0.3, 0.4) is 0 Å². The molecule has 0 bridgehead atoms. The third-order valence-corrected chi connectivity index (χ3v) is 5.76. The summed E-state index contributed by atoms with van der Waals surface area (Å²) < 4.78 is 32.9. The minimum Gasteiger partial charge on any atom is -0.481 e. The molecule has 2 aliphatic rings. The minimum absolute atomic E-state index is 0.0757. The van der Waals surface area contributed by atoms with Crippen LogP contribution in [0, 0.1) is 0 Å². The van der Waals surface area contributed by atoms with Crippen molar-refractivity contribution in [3.63, 3.8) is 0 Å². The lowest BCUT2D eigenvalue weighted by Crippen LogP contribution is -2.49. The molecular weight excluding hydrogens is 430 g/mol. The molecule has 0 fully saturated rings. The van der Waals surface area contributed by atoms with E-state index in [0.29, 0.717) is 22.0 Å². The van der Waals surface area contributed by atoms with Gasteiger partial charge in [-0.15, -0.1) is 0 Å². The fraction of sp³-hybridized carbons (Fsp3) is 0.333. The van der Waals surface area contributed by atoms with Crippen LogP contribution in [0.4, 0.5) is 29.7 Å². The standard InChI is InChI=1S/C21H21ClF2N4O3/c1-28-17-4-2-3-15(14(17)9-25-20(28)30)26-19(29)27-16-8-21(10-23,11-24)31-18-7-12(22)5-6-13(16)18/h2-7,16H,8-11H2,1H3,(H,25,30)(H2,26,27,29)/t16-/m1/s1. The summed E-state index contributed by atoms with van der Waals surface area (Å²) in [6, 6.07) is 8.53. The summed E-state index contributed by atoms with van der Waals surface area (Å²) in [5.74, 6) is 0.237. The Balaban J connectivity index is 1.57. The molecule has 0 saturated heterocycles. The van der Waals surface area contributed by atoms with E-state index in [0.717, 1.165) is 5.56 Å². The van der Waals surface area contributed by atoms with Crippen LogP contribution in [-0.4, -0.2) is 38.1 Å². The summed E-state index contributed by atoms with van der Waals surface area (Å²) in [4.78, 5) is 26.1. The molecule has 0 aromatic heterocycles. The zero-order valence-corrected chi connectivity index (χ0v) is 17.4. The molecule has 3 N–H and O–H groups in total. The van der Waals surface area contributed by atoms with Gasteiger partial charge in [0.2, 0.25) is 0 Å². The van der Waals surface area contributed by atoms with Gasteiger partial charge in [0.1, 0.15) is 19.1 Å². The number of nitrogens with zero attached hydrogens (tertiary/aromatic N) is 1. The molecule has 0 aliphatic carbocycles. The lowest BCUT2D eigenvalue weighted by atomic mass is 9.88. The number of carbonyl (C=O) groups excluding carboxylic acids is 2. The van der Waals surface area contributed by atoms with E-state index in [2.05, 4.69) is 16.0 Å². The van der Waals surface area contributed by atoms with Gasteiger partial charge in [-0.3, -0.25) is 4.90 Å². The van der Waals surface area contributed by atoms with Crippen molar-refractivity contribution in [1.82, 2.24) is 10.6 Å². The molecule has 2 aliphatic heterocycles. The highest BCUT2D eigenvalue weighted by Gasteiger charge is 2.42. The average Bonchev–Trinajstić information content (AvgIpc) is 2.76. The predicted octanol–water partition coefficient (Wildman–Crippen LogP) is 4.32. The maximum absolute atomic E-state index is 13.7. The number of amides is 4. The number of hydrogen-bond donors (Lipinski definition) is 3. The topological polar surface area (TPSA) is 82.7 Å². The van der Waals surface area contributed by atoms with Crippen molar-refractivity contribution in [3.05, 3.63) is 52.5 Å². The smallest absolute Gasteiger partial charge is 0.321 e. The van der Waals surface area contributed by atoms with Gasteiger partial charge in [0.15, 0.2) is 5.60 Å². The van der Waals surface area contributed by atoms with E-state index in [1.807, 2.05) is 0 Å². The van der Waals surface area contributed by atoms with Crippen molar-refractivity contribution in [2.45, 2.75) is 24.6 Å². The lowest BCUT2D eigenvalue weighted by molar-refractivity contribution is -0.0104. The van der Waals surface area contributed by atoms with Crippen LogP contribution >= 0.6 is 11.6 Å². The van der Waals surface area contributed by atoms with Crippen LogP contribution in [0.1, 0.15) is 23.6 Å². The molecular formula is C21H21ClF2N4O3. The van der Waals surface area contributed by atoms with E-state index in [4.69, 9.17) is 16.3 Å². The van der Waals surface area contributed by atoms with Crippen LogP contribution in [0.5, 0.6) is 5.75 Å². The summed E-state index contributed by atoms with van der Waals surface area (Å²) in [6.45, 7) is -1.83. The van der Waals surface area contributed by atoms with Crippen LogP contribution in [0.25, 0.3) is 0 Å². The molecule has 2 heterocycles. The molecule has 1 atom stereocenters. The van der Waals surface area contributed by atoms with Crippen molar-refractivity contribution in [2.75, 3.05) is 30.6 Å². The Labute approximate surface area is 182 Å². The minimum atomic E-state index is -1.69. The van der Waals surface area contributed by atoms with Crippen LogP contribution in [0.2, 0.25) is 5.02 Å². The molecule has 2 aromatic rings. The molecule has 0 radical (unpaired) electrons. The summed E-state index contributed by atoms with van der Waals surface area (Å²) in [6.07, 6.45) is -0.0757. The molecule has 0 unspecified atom stereocenters. The van der Waals surface area contributed by atoms with E-state index in [1.54, 1.807) is 37.4 Å². The molecule has 4 amide bonds. The normalized spacial score (nSPS) is 18.9. The molecule has 4 rings (SSSR count). The first-order valence-corrected chi connectivity index (χ1v) is 10.0. The van der Waals surface area contributed by atoms with Gasteiger partial charge in [0, 0.05) is 41.9 Å². The van der Waals surface area contributed by atoms with E-state index in [-0.39, 0.29) is 24.7 Å². The van der Waals surface area contributed by atoms with Crippen molar-refractivity contribution in [3.8, 4) is 5.75 Å². The van der Waals surface area contributed by atoms with Gasteiger partial charge in [-0.1, -0.05) is 23.7 Å². The van der Waals surface area contributed by atoms with Crippen molar-refractivity contribution >= 4 is 35.0 Å². The third-order valence-electron chi connectivity index (χ3n) is 5.53. The molecule has 0 spiro atoms. The number of anilines is 2. The van der Waals surface area contributed by atoms with Gasteiger partial charge in [0.05, 0.1) is 11.7 Å². The predicted molar refractivity (Wildman–Crippen MR) is 113 cm³/mol. The van der Waals surface area contributed by atoms with Crippen LogP contribution in [0.15, 0.2) is 36.4 Å². The highest BCUT2D eigenvalue weighted by Crippen LogP contribution is 2.41. The highest BCUT2D eigenvalue weighted by molar-refractivity contribution is 6.30. The number of carbonyl (C=O) groups is 2. The molecule has 164 valence electrons. The van der Waals surface area contributed by atoms with Crippen molar-refractivity contribution in [2.24, 2.45) is 0 Å². The van der Waals surface area contributed by atoms with E-state index >= 15 is 0 Å². The number of benzene rings is 2. The van der Waals surface area contributed by atoms with Gasteiger partial charge < -0.3 is 20.7 Å². The number of fused-ring (bicyclic) bond motifs is 2. The Morgan fingerprint density at radius 1 is 1.32 bits per heavy atom. The summed E-state index contributed by atoms with van der Waals surface area (Å²) >= 11 is 6.01. The molecule has 10 heteroatoms. The first-order chi connectivity index (χ1) is 14.9. The maximum atomic E-state index is 13.7. The summed E-state index contributed by atoms with van der Waals surface area (Å²) in [5, 5.41) is 8.65. The monoisotopic (exact) mass is 450 g/mol. The van der Waals surface area contributed by atoms with Gasteiger partial charge in [-0.25, -0.2) is 18.4 Å². The fourth-order valence-electron chi connectivity index (χ4n) is 3.87. The Morgan fingerprint density at radius 3 is 2.84 bits per heavy atom. The second kappa shape index (κ2) is 8.22. The Bertz CT molecular complexity index is 1030. The SMILES string of the molecule is CN1C(=O)NCc2c(NC(=O)N[C@@H]3CC(CF)(CF)Oc4cc(Cl)ccc43)cccc21. The molecule has 0 saturated carbocycles. The number of halogens is 3. The van der Waals surface area contributed by atoms with Gasteiger partial charge in [0.25, 0.3) is 0 Å². The number of rotatable bonds is 4. The summed E-state index contributed by atoms with van der Waals surface area (Å²) in [5.41, 5.74) is 0.850. The van der Waals surface area contributed by atoms with Gasteiger partial charge >= 0.3 is 12.1 Å². The molecule has 7 nitrogen and oxygen atoms in total. The Kier molecular flexibility index (Phi) is 5.62. The van der Waals surface area contributed by atoms with Crippen LogP contribution < -0.4 is 25.6 Å². The first-order valence-electron chi connectivity index (χ1n) is 9.67. The highest BCUT2D eigenvalue weighted by atomic mass is 35.5. The number of hydrogen-bond acceptors (Lipinski definition) is 3. The van der Waals surface area contributed by atoms with Crippen molar-refractivity contribution in [1.29, 1.82) is 0 Å². The molecule has 31 heavy (non-hydrogen) atoms. The lowest BCUT2D eigenvalue weighted by Gasteiger charge is -2.39. The van der Waals surface area contributed by atoms with Crippen LogP contribution in [-0.2, 0) is 6.54 Å². The largest absolute Gasteiger partial charge is 0.481 e. The fourth-order valence-corrected chi connectivity index (χ4v) is 4.03. The summed E-state index contributed by atoms with van der Waals surface area (Å²) in [7, 11) is 1.63. The number of ether oxygens (including phenoxy) is 1. The number of urea groups is 2.